The molecule has 0 saturated carbocycles. The van der Waals surface area contributed by atoms with Gasteiger partial charge in [0, 0.05) is 5.92 Å². The molecule has 15 heavy (non-hydrogen) atoms. The van der Waals surface area contributed by atoms with Crippen LogP contribution in [-0.4, -0.2) is 12.7 Å². The van der Waals surface area contributed by atoms with E-state index in [1.54, 1.807) is 5.57 Å². The fourth-order valence-electron chi connectivity index (χ4n) is 3.63. The Bertz CT molecular complexity index is 256. The van der Waals surface area contributed by atoms with Gasteiger partial charge in [-0.15, -0.1) is 0 Å². The van der Waals surface area contributed by atoms with Crippen LogP contribution in [0.25, 0.3) is 0 Å². The predicted molar refractivity (Wildman–Crippen MR) is 63.7 cm³/mol. The van der Waals surface area contributed by atoms with Gasteiger partial charge in [0.15, 0.2) is 0 Å². The third-order valence-corrected chi connectivity index (χ3v) is 4.45. The molecule has 0 aromatic carbocycles. The topological polar surface area (TPSA) is 9.23 Å². The number of hydrogen-bond acceptors (Lipinski definition) is 1. The normalized spacial score (nSPS) is 45.1. The zero-order valence-corrected chi connectivity index (χ0v) is 10.5. The van der Waals surface area contributed by atoms with Crippen molar-refractivity contribution in [2.24, 2.45) is 23.7 Å². The summed E-state index contributed by atoms with van der Waals surface area (Å²) in [7, 11) is 0. The highest BCUT2D eigenvalue weighted by atomic mass is 16.5. The standard InChI is InChI=1S/C14H24O/c1-5-6-13-14-10(3)7-9(2)12(8-15-13)11(14)4/h7,9,11-14H,5-6,8H2,1-4H3. The maximum Gasteiger partial charge on any atom is 0.0642 e. The molecule has 5 atom stereocenters. The Kier molecular flexibility index (Phi) is 3.20. The van der Waals surface area contributed by atoms with Crippen LogP contribution >= 0.6 is 0 Å². The van der Waals surface area contributed by atoms with Crippen LogP contribution < -0.4 is 0 Å². The van der Waals surface area contributed by atoms with Gasteiger partial charge < -0.3 is 4.74 Å². The van der Waals surface area contributed by atoms with E-state index in [0.29, 0.717) is 17.9 Å². The third-order valence-electron chi connectivity index (χ3n) is 4.45. The zero-order valence-electron chi connectivity index (χ0n) is 10.5. The Labute approximate surface area is 93.9 Å². The highest BCUT2D eigenvalue weighted by molar-refractivity contribution is 5.16. The molecule has 1 nitrogen and oxygen atoms in total. The predicted octanol–water partition coefficient (Wildman–Crippen LogP) is 3.65. The summed E-state index contributed by atoms with van der Waals surface area (Å²) in [5.74, 6) is 2.97. The van der Waals surface area contributed by atoms with Crippen molar-refractivity contribution in [3.05, 3.63) is 11.6 Å². The highest BCUT2D eigenvalue weighted by Gasteiger charge is 2.42. The summed E-state index contributed by atoms with van der Waals surface area (Å²) >= 11 is 0. The van der Waals surface area contributed by atoms with Gasteiger partial charge in [-0.25, -0.2) is 0 Å². The first-order valence-electron chi connectivity index (χ1n) is 6.45. The Morgan fingerprint density at radius 3 is 2.80 bits per heavy atom. The smallest absolute Gasteiger partial charge is 0.0642 e. The summed E-state index contributed by atoms with van der Waals surface area (Å²) in [5.41, 5.74) is 1.57. The molecule has 2 bridgehead atoms. The van der Waals surface area contributed by atoms with Crippen LogP contribution in [0.5, 0.6) is 0 Å². The molecule has 0 N–H and O–H groups in total. The lowest BCUT2D eigenvalue weighted by Gasteiger charge is -2.47. The number of allylic oxidation sites excluding steroid dienone is 1. The van der Waals surface area contributed by atoms with Crippen molar-refractivity contribution in [3.8, 4) is 0 Å². The van der Waals surface area contributed by atoms with E-state index in [1.165, 1.54) is 12.8 Å². The lowest BCUT2D eigenvalue weighted by atomic mass is 9.65. The summed E-state index contributed by atoms with van der Waals surface area (Å²) < 4.78 is 6.06. The highest BCUT2D eigenvalue weighted by Crippen LogP contribution is 2.45. The molecule has 1 aliphatic heterocycles. The summed E-state index contributed by atoms with van der Waals surface area (Å²) in [6.45, 7) is 10.3. The Balaban J connectivity index is 2.22. The summed E-state index contributed by atoms with van der Waals surface area (Å²) in [4.78, 5) is 0. The van der Waals surface area contributed by atoms with E-state index < -0.39 is 0 Å². The van der Waals surface area contributed by atoms with Gasteiger partial charge in [-0.05, 0) is 31.1 Å². The van der Waals surface area contributed by atoms with E-state index in [9.17, 15) is 0 Å². The Morgan fingerprint density at radius 1 is 1.40 bits per heavy atom. The zero-order chi connectivity index (χ0) is 11.0. The van der Waals surface area contributed by atoms with Gasteiger partial charge >= 0.3 is 0 Å². The van der Waals surface area contributed by atoms with E-state index in [1.807, 2.05) is 0 Å². The number of ether oxygens (including phenoxy) is 1. The molecule has 5 unspecified atom stereocenters. The molecule has 1 aliphatic carbocycles. The third kappa shape index (κ3) is 1.87. The lowest BCUT2D eigenvalue weighted by Crippen LogP contribution is -2.46. The van der Waals surface area contributed by atoms with Crippen molar-refractivity contribution in [2.75, 3.05) is 6.61 Å². The molecule has 2 aliphatic rings. The molecule has 1 heteroatoms. The molecule has 2 rings (SSSR count). The first kappa shape index (κ1) is 11.2. The Hall–Kier alpha value is -0.300. The second-order valence-corrected chi connectivity index (χ2v) is 5.48. The molecule has 1 heterocycles. The van der Waals surface area contributed by atoms with Crippen molar-refractivity contribution in [1.82, 2.24) is 0 Å². The molecule has 0 amide bonds. The number of hydrogen-bond donors (Lipinski definition) is 0. The van der Waals surface area contributed by atoms with E-state index in [4.69, 9.17) is 4.74 Å². The van der Waals surface area contributed by atoms with Crippen molar-refractivity contribution in [3.63, 3.8) is 0 Å². The van der Waals surface area contributed by atoms with E-state index in [-0.39, 0.29) is 0 Å². The first-order valence-corrected chi connectivity index (χ1v) is 6.45. The number of rotatable bonds is 2. The second kappa shape index (κ2) is 4.29. The van der Waals surface area contributed by atoms with E-state index >= 15 is 0 Å². The van der Waals surface area contributed by atoms with Gasteiger partial charge in [0.25, 0.3) is 0 Å². The average Bonchev–Trinajstić information content (AvgIpc) is 2.15. The van der Waals surface area contributed by atoms with E-state index in [0.717, 1.165) is 18.4 Å². The average molecular weight is 208 g/mol. The van der Waals surface area contributed by atoms with Gasteiger partial charge in [0.1, 0.15) is 0 Å². The van der Waals surface area contributed by atoms with Crippen molar-refractivity contribution in [2.45, 2.75) is 46.6 Å². The van der Waals surface area contributed by atoms with Crippen molar-refractivity contribution in [1.29, 1.82) is 0 Å². The lowest BCUT2D eigenvalue weighted by molar-refractivity contribution is -0.0939. The van der Waals surface area contributed by atoms with Gasteiger partial charge in [-0.1, -0.05) is 38.8 Å². The minimum Gasteiger partial charge on any atom is -0.377 e. The van der Waals surface area contributed by atoms with Gasteiger partial charge in [-0.2, -0.15) is 0 Å². The molecule has 0 spiro atoms. The Morgan fingerprint density at radius 2 is 2.13 bits per heavy atom. The molecule has 1 saturated heterocycles. The van der Waals surface area contributed by atoms with Crippen LogP contribution in [0.4, 0.5) is 0 Å². The first-order chi connectivity index (χ1) is 7.15. The SMILES string of the molecule is CCCC1OCC2C(C)C=C(C)C1C2C. The maximum absolute atomic E-state index is 6.06. The van der Waals surface area contributed by atoms with Crippen LogP contribution in [0.2, 0.25) is 0 Å². The second-order valence-electron chi connectivity index (χ2n) is 5.48. The fourth-order valence-corrected chi connectivity index (χ4v) is 3.63. The van der Waals surface area contributed by atoms with Crippen LogP contribution in [0.1, 0.15) is 40.5 Å². The largest absolute Gasteiger partial charge is 0.377 e. The molecule has 0 aromatic heterocycles. The van der Waals surface area contributed by atoms with Gasteiger partial charge in [-0.3, -0.25) is 0 Å². The fraction of sp³-hybridized carbons (Fsp3) is 0.857. The van der Waals surface area contributed by atoms with Gasteiger partial charge in [0.05, 0.1) is 12.7 Å². The molecular weight excluding hydrogens is 184 g/mol. The van der Waals surface area contributed by atoms with E-state index in [2.05, 4.69) is 33.8 Å². The molecule has 86 valence electrons. The molecule has 0 aromatic rings. The van der Waals surface area contributed by atoms with Crippen molar-refractivity contribution >= 4 is 0 Å². The quantitative estimate of drug-likeness (QED) is 0.629. The monoisotopic (exact) mass is 208 g/mol. The summed E-state index contributed by atoms with van der Waals surface area (Å²) in [5, 5.41) is 0. The van der Waals surface area contributed by atoms with Crippen LogP contribution in [0.3, 0.4) is 0 Å². The minimum atomic E-state index is 0.491. The minimum absolute atomic E-state index is 0.491. The van der Waals surface area contributed by atoms with Gasteiger partial charge in [0.2, 0.25) is 0 Å². The summed E-state index contributed by atoms with van der Waals surface area (Å²) in [6, 6.07) is 0. The number of fused-ring (bicyclic) bond motifs is 2. The van der Waals surface area contributed by atoms with Crippen molar-refractivity contribution < 1.29 is 4.74 Å². The summed E-state index contributed by atoms with van der Waals surface area (Å²) in [6.07, 6.45) is 5.44. The maximum atomic E-state index is 6.06. The van der Waals surface area contributed by atoms with Crippen LogP contribution in [-0.2, 0) is 4.74 Å². The van der Waals surface area contributed by atoms with Crippen LogP contribution in [0.15, 0.2) is 11.6 Å². The van der Waals surface area contributed by atoms with Crippen LogP contribution in [0, 0.1) is 23.7 Å². The molecule has 1 fully saturated rings. The molecule has 0 radical (unpaired) electrons. The molecular formula is C14H24O.